The van der Waals surface area contributed by atoms with Crippen LogP contribution in [0.15, 0.2) is 108 Å². The van der Waals surface area contributed by atoms with Crippen molar-refractivity contribution in [3.05, 3.63) is 115 Å². The zero-order chi connectivity index (χ0) is 21.3. The molecular weight excluding hydrogens is 425 g/mol. The quantitative estimate of drug-likeness (QED) is 0.347. The number of benzene rings is 3. The molecule has 1 aliphatic rings. The normalized spacial score (nSPS) is 17.7. The Morgan fingerprint density at radius 2 is 1.42 bits per heavy atom. The van der Waals surface area contributed by atoms with Gasteiger partial charge in [0.15, 0.2) is 11.9 Å². The molecule has 5 rings (SSSR count). The average Bonchev–Trinajstić information content (AvgIpc) is 3.49. The zero-order valence-corrected chi connectivity index (χ0v) is 18.3. The topological polar surface area (TPSA) is 51.5 Å². The van der Waals surface area contributed by atoms with Crippen molar-refractivity contribution in [2.24, 2.45) is 0 Å². The number of Topliss-reactive ketones (excluding diaryl/α,β-unsaturated/α-hetero) is 1. The van der Waals surface area contributed by atoms with Gasteiger partial charge in [-0.3, -0.25) is 9.88 Å². The first-order valence-corrected chi connectivity index (χ1v) is 12.8. The van der Waals surface area contributed by atoms with Crippen molar-refractivity contribution >= 4 is 34.4 Å². The Morgan fingerprint density at radius 3 is 2.03 bits per heavy atom. The summed E-state index contributed by atoms with van der Waals surface area (Å²) in [5, 5.41) is 5.78. The second-order valence-electron chi connectivity index (χ2n) is 7.30. The van der Waals surface area contributed by atoms with Crippen LogP contribution in [-0.4, -0.2) is 11.9 Å². The molecule has 154 valence electrons. The molecule has 3 aromatic carbocycles. The highest BCUT2D eigenvalue weighted by Gasteiger charge is 2.43. The smallest absolute Gasteiger partial charge is 0.240 e. The van der Waals surface area contributed by atoms with Crippen LogP contribution in [0.2, 0.25) is 0 Å². The minimum Gasteiger partial charge on any atom is -0.480 e. The van der Waals surface area contributed by atoms with Crippen LogP contribution in [0.1, 0.15) is 22.2 Å². The lowest BCUT2D eigenvalue weighted by molar-refractivity contribution is 0.0758. The summed E-state index contributed by atoms with van der Waals surface area (Å²) in [6, 6.07) is 30.8. The number of nitrogens with one attached hydrogen (secondary N) is 1. The van der Waals surface area contributed by atoms with Gasteiger partial charge in [0.2, 0.25) is 5.78 Å². The molecule has 1 aliphatic heterocycles. The lowest BCUT2D eigenvalue weighted by atomic mass is 10.0. The second-order valence-corrected chi connectivity index (χ2v) is 11.5. The van der Waals surface area contributed by atoms with Crippen LogP contribution in [0.25, 0.3) is 0 Å². The molecule has 4 aromatic rings. The van der Waals surface area contributed by atoms with Crippen molar-refractivity contribution in [1.29, 1.82) is 0 Å². The highest BCUT2D eigenvalue weighted by molar-refractivity contribution is 8.20. The summed E-state index contributed by atoms with van der Waals surface area (Å²) in [4.78, 5) is 13.3. The third kappa shape index (κ3) is 3.66. The third-order valence-electron chi connectivity index (χ3n) is 5.39. The molecule has 1 N–H and O–H groups in total. The number of ketones is 1. The largest absolute Gasteiger partial charge is 0.480 e. The van der Waals surface area contributed by atoms with Gasteiger partial charge in [-0.1, -0.05) is 90.7 Å². The van der Waals surface area contributed by atoms with Crippen LogP contribution in [0.5, 0.6) is 5.75 Å². The Kier molecular flexibility index (Phi) is 5.33. The first-order valence-electron chi connectivity index (χ1n) is 9.99. The molecule has 0 saturated carbocycles. The van der Waals surface area contributed by atoms with Crippen LogP contribution in [0, 0.1) is 0 Å². The number of ether oxygens (including phenoxy) is 1. The van der Waals surface area contributed by atoms with Crippen LogP contribution < -0.4 is 20.4 Å². The highest BCUT2D eigenvalue weighted by Crippen LogP contribution is 2.47. The lowest BCUT2D eigenvalue weighted by Crippen LogP contribution is -2.39. The number of para-hydroxylation sites is 1. The Balaban J connectivity index is 1.61. The first-order chi connectivity index (χ1) is 15.2. The fraction of sp³-hybridized carbons (Fsp3) is 0.0800. The molecule has 6 heteroatoms. The average molecular weight is 445 g/mol. The highest BCUT2D eigenvalue weighted by atomic mass is 32.4. The lowest BCUT2D eigenvalue weighted by Gasteiger charge is -2.30. The predicted octanol–water partition coefficient (Wildman–Crippen LogP) is 4.60. The first kappa shape index (κ1) is 20.0. The molecule has 0 amide bonds. The summed E-state index contributed by atoms with van der Waals surface area (Å²) < 4.78 is 11.5. The van der Waals surface area contributed by atoms with Crippen molar-refractivity contribution in [1.82, 2.24) is 5.09 Å². The summed E-state index contributed by atoms with van der Waals surface area (Å²) in [5.41, 5.74) is 0.925. The third-order valence-corrected chi connectivity index (χ3v) is 9.67. The van der Waals surface area contributed by atoms with Gasteiger partial charge in [0, 0.05) is 16.2 Å². The Morgan fingerprint density at radius 1 is 0.806 bits per heavy atom. The standard InChI is InChI=1S/C25H20NO3PS/c27-24(22-16-9-17-28-22)25-23(20-14-7-8-15-21(20)29-25)26-30(31,18-10-3-1-4-11-18)19-12-5-2-6-13-19/h1-17,23,25H,(H,26,31)/t23-,25-/m1/s1. The minimum atomic E-state index is -2.46. The summed E-state index contributed by atoms with van der Waals surface area (Å²) in [6.45, 7) is 0. The SMILES string of the molecule is O=C(c1ccco1)[C@@H]1Oc2ccccc2[C@H]1NP(=S)(c1ccccc1)c1ccccc1. The second kappa shape index (κ2) is 8.27. The van der Waals surface area contributed by atoms with Crippen molar-refractivity contribution in [3.63, 3.8) is 0 Å². The van der Waals surface area contributed by atoms with E-state index in [1.54, 1.807) is 12.1 Å². The molecule has 4 nitrogen and oxygen atoms in total. The van der Waals surface area contributed by atoms with Crippen LogP contribution >= 0.6 is 6.19 Å². The van der Waals surface area contributed by atoms with Gasteiger partial charge in [0.25, 0.3) is 0 Å². The van der Waals surface area contributed by atoms with E-state index in [1.807, 2.05) is 84.9 Å². The monoisotopic (exact) mass is 445 g/mol. The molecule has 2 heterocycles. The number of furan rings is 1. The predicted molar refractivity (Wildman–Crippen MR) is 126 cm³/mol. The summed E-state index contributed by atoms with van der Waals surface area (Å²) >= 11 is 6.35. The number of hydrogen-bond acceptors (Lipinski definition) is 4. The van der Waals surface area contributed by atoms with E-state index >= 15 is 0 Å². The van der Waals surface area contributed by atoms with E-state index in [1.165, 1.54) is 6.26 Å². The number of carbonyl (C=O) groups is 1. The van der Waals surface area contributed by atoms with Crippen LogP contribution in [0.3, 0.4) is 0 Å². The van der Waals surface area contributed by atoms with Gasteiger partial charge in [-0.05, 0) is 18.2 Å². The molecule has 0 radical (unpaired) electrons. The van der Waals surface area contributed by atoms with Crippen molar-refractivity contribution in [2.45, 2.75) is 12.1 Å². The summed E-state index contributed by atoms with van der Waals surface area (Å²) in [6.07, 6.45) is -1.73. The van der Waals surface area contributed by atoms with Crippen LogP contribution in [0.4, 0.5) is 0 Å². The fourth-order valence-electron chi connectivity index (χ4n) is 3.88. The Bertz CT molecular complexity index is 1200. The maximum atomic E-state index is 13.3. The van der Waals surface area contributed by atoms with Gasteiger partial charge in [-0.2, -0.15) is 0 Å². The number of rotatable bonds is 6. The summed E-state index contributed by atoms with van der Waals surface area (Å²) in [7, 11) is 0. The van der Waals surface area contributed by atoms with Crippen molar-refractivity contribution < 1.29 is 13.9 Å². The zero-order valence-electron chi connectivity index (χ0n) is 16.5. The van der Waals surface area contributed by atoms with E-state index in [2.05, 4.69) is 5.09 Å². The van der Waals surface area contributed by atoms with Crippen LogP contribution in [-0.2, 0) is 11.8 Å². The molecule has 0 bridgehead atoms. The van der Waals surface area contributed by atoms with E-state index in [4.69, 9.17) is 21.0 Å². The number of fused-ring (bicyclic) bond motifs is 1. The van der Waals surface area contributed by atoms with Gasteiger partial charge in [0.05, 0.1) is 18.5 Å². The Hall–Kier alpha value is -2.98. The van der Waals surface area contributed by atoms with Crippen molar-refractivity contribution in [3.8, 4) is 5.75 Å². The molecular formula is C25H20NO3PS. The number of carbonyl (C=O) groups excluding carboxylic acids is 1. The van der Waals surface area contributed by atoms with Gasteiger partial charge < -0.3 is 9.15 Å². The van der Waals surface area contributed by atoms with E-state index in [-0.39, 0.29) is 11.5 Å². The van der Waals surface area contributed by atoms with E-state index in [0.717, 1.165) is 16.2 Å². The van der Waals surface area contributed by atoms with Gasteiger partial charge in [-0.15, -0.1) is 0 Å². The summed E-state index contributed by atoms with van der Waals surface area (Å²) in [5.74, 6) is 0.756. The van der Waals surface area contributed by atoms with Gasteiger partial charge >= 0.3 is 0 Å². The minimum absolute atomic E-state index is 0.207. The molecule has 0 spiro atoms. The Labute approximate surface area is 185 Å². The molecule has 0 unspecified atom stereocenters. The van der Waals surface area contributed by atoms with Gasteiger partial charge in [-0.25, -0.2) is 0 Å². The molecule has 31 heavy (non-hydrogen) atoms. The van der Waals surface area contributed by atoms with E-state index in [0.29, 0.717) is 5.75 Å². The van der Waals surface area contributed by atoms with Crippen molar-refractivity contribution in [2.75, 3.05) is 0 Å². The fourth-order valence-corrected chi connectivity index (χ4v) is 7.40. The molecule has 0 saturated heterocycles. The van der Waals surface area contributed by atoms with E-state index in [9.17, 15) is 4.79 Å². The molecule has 0 aliphatic carbocycles. The molecule has 0 fully saturated rings. The van der Waals surface area contributed by atoms with E-state index < -0.39 is 18.3 Å². The maximum absolute atomic E-state index is 13.3. The number of hydrogen-bond donors (Lipinski definition) is 1. The maximum Gasteiger partial charge on any atom is 0.240 e. The molecule has 1 aromatic heterocycles. The molecule has 2 atom stereocenters. The van der Waals surface area contributed by atoms with Gasteiger partial charge in [0.1, 0.15) is 5.75 Å².